The highest BCUT2D eigenvalue weighted by molar-refractivity contribution is 5.44. The number of ether oxygens (including phenoxy) is 2. The minimum atomic E-state index is -0.705. The first-order valence-corrected chi connectivity index (χ1v) is 9.59. The van der Waals surface area contributed by atoms with Crippen molar-refractivity contribution < 1.29 is 18.3 Å². The number of anilines is 1. The molecule has 0 aliphatic carbocycles. The molecule has 1 atom stereocenters. The molecule has 1 aliphatic rings. The summed E-state index contributed by atoms with van der Waals surface area (Å²) in [5.74, 6) is 0.155. The Balaban J connectivity index is 1.43. The maximum Gasteiger partial charge on any atom is 0.352 e. The van der Waals surface area contributed by atoms with Crippen molar-refractivity contribution in [1.29, 1.82) is 0 Å². The molecule has 30 heavy (non-hydrogen) atoms. The molecule has 1 aromatic heterocycles. The van der Waals surface area contributed by atoms with E-state index < -0.39 is 11.6 Å². The van der Waals surface area contributed by atoms with E-state index in [0.29, 0.717) is 18.3 Å². The second-order valence-corrected chi connectivity index (χ2v) is 7.28. The lowest BCUT2D eigenvalue weighted by molar-refractivity contribution is 0.289. The van der Waals surface area contributed by atoms with E-state index in [4.69, 9.17) is 9.47 Å². The molecule has 2 aromatic carbocycles. The van der Waals surface area contributed by atoms with E-state index in [-0.39, 0.29) is 23.9 Å². The maximum absolute atomic E-state index is 13.3. The summed E-state index contributed by atoms with van der Waals surface area (Å²) in [5, 5.41) is 0. The fourth-order valence-electron chi connectivity index (χ4n) is 3.32. The summed E-state index contributed by atoms with van der Waals surface area (Å²) in [4.78, 5) is 18.3. The fraction of sp³-hybridized carbons (Fsp3) is 0.273. The molecule has 0 radical (unpaired) electrons. The first-order chi connectivity index (χ1) is 14.4. The molecule has 0 spiro atoms. The van der Waals surface area contributed by atoms with Crippen molar-refractivity contribution in [2.24, 2.45) is 0 Å². The number of hydrogen-bond acceptors (Lipinski definition) is 5. The minimum absolute atomic E-state index is 0.0774. The summed E-state index contributed by atoms with van der Waals surface area (Å²) in [6.45, 7) is 2.96. The summed E-state index contributed by atoms with van der Waals surface area (Å²) >= 11 is 0. The largest absolute Gasteiger partial charge is 0.473 e. The minimum Gasteiger partial charge on any atom is -0.473 e. The molecule has 156 valence electrons. The number of rotatable bonds is 5. The molecule has 0 fully saturated rings. The zero-order valence-corrected chi connectivity index (χ0v) is 16.6. The quantitative estimate of drug-likeness (QED) is 0.630. The number of benzene rings is 2. The average molecular weight is 413 g/mol. The molecule has 6 nitrogen and oxygen atoms in total. The van der Waals surface area contributed by atoms with Crippen LogP contribution in [0.4, 0.5) is 14.6 Å². The summed E-state index contributed by atoms with van der Waals surface area (Å²) < 4.78 is 39.4. The smallest absolute Gasteiger partial charge is 0.352 e. The third-order valence-corrected chi connectivity index (χ3v) is 5.14. The van der Waals surface area contributed by atoms with Gasteiger partial charge in [0.2, 0.25) is 5.88 Å². The van der Waals surface area contributed by atoms with Gasteiger partial charge in [0.1, 0.15) is 35.6 Å². The Morgan fingerprint density at radius 3 is 2.47 bits per heavy atom. The number of fused-ring (bicyclic) bond motifs is 1. The van der Waals surface area contributed by atoms with Crippen LogP contribution in [0, 0.1) is 11.6 Å². The Bertz CT molecular complexity index is 1100. The topological polar surface area (TPSA) is 56.6 Å². The van der Waals surface area contributed by atoms with Gasteiger partial charge < -0.3 is 14.4 Å². The molecule has 0 unspecified atom stereocenters. The molecule has 0 bridgehead atoms. The van der Waals surface area contributed by atoms with Crippen LogP contribution in [0.2, 0.25) is 0 Å². The van der Waals surface area contributed by atoms with Gasteiger partial charge in [0, 0.05) is 43.9 Å². The number of hydrogen-bond donors (Lipinski definition) is 0. The molecule has 4 rings (SSSR count). The van der Waals surface area contributed by atoms with Gasteiger partial charge in [0.25, 0.3) is 0 Å². The van der Waals surface area contributed by atoms with Gasteiger partial charge in [-0.3, -0.25) is 4.57 Å². The van der Waals surface area contributed by atoms with Crippen LogP contribution in [-0.4, -0.2) is 22.6 Å². The highest BCUT2D eigenvalue weighted by Gasteiger charge is 2.22. The van der Waals surface area contributed by atoms with E-state index in [1.807, 2.05) is 11.9 Å². The Morgan fingerprint density at radius 2 is 1.77 bits per heavy atom. The summed E-state index contributed by atoms with van der Waals surface area (Å²) in [5.41, 5.74) is 0.501. The van der Waals surface area contributed by atoms with E-state index in [0.717, 1.165) is 36.0 Å². The first-order valence-electron chi connectivity index (χ1n) is 9.59. The summed E-state index contributed by atoms with van der Waals surface area (Å²) in [6, 6.07) is 12.0. The van der Waals surface area contributed by atoms with E-state index >= 15 is 0 Å². The van der Waals surface area contributed by atoms with Crippen molar-refractivity contribution in [2.75, 3.05) is 11.9 Å². The van der Waals surface area contributed by atoms with Crippen LogP contribution in [0.5, 0.6) is 17.4 Å². The Morgan fingerprint density at radius 1 is 1.07 bits per heavy atom. The van der Waals surface area contributed by atoms with Gasteiger partial charge in [-0.2, -0.15) is 4.98 Å². The highest BCUT2D eigenvalue weighted by atomic mass is 19.1. The highest BCUT2D eigenvalue weighted by Crippen LogP contribution is 2.26. The van der Waals surface area contributed by atoms with Crippen molar-refractivity contribution in [2.45, 2.75) is 32.5 Å². The molecular weight excluding hydrogens is 392 g/mol. The zero-order chi connectivity index (χ0) is 21.3. The van der Waals surface area contributed by atoms with Gasteiger partial charge in [0.15, 0.2) is 0 Å². The standard InChI is InChI=1S/C22H21F2N3O3/c1-14-7-8-27-21(26(14)2)12-20(25-22(27)28)29-13-15-3-5-18(6-4-15)30-19-10-16(23)9-17(24)11-19/h3-6,9-12,14H,7-8,13H2,1-2H3/t14-/m0/s1. The Labute approximate surface area is 172 Å². The van der Waals surface area contributed by atoms with Crippen LogP contribution in [0.25, 0.3) is 0 Å². The van der Waals surface area contributed by atoms with Crippen molar-refractivity contribution in [1.82, 2.24) is 9.55 Å². The van der Waals surface area contributed by atoms with Crippen LogP contribution in [0.1, 0.15) is 18.9 Å². The SMILES string of the molecule is C[C@H]1CCn2c(cc(OCc3ccc(Oc4cc(F)cc(F)c4)cc3)nc2=O)N1C. The van der Waals surface area contributed by atoms with E-state index in [9.17, 15) is 13.6 Å². The number of aromatic nitrogens is 2. The number of nitrogens with zero attached hydrogens (tertiary/aromatic N) is 3. The molecular formula is C22H21F2N3O3. The van der Waals surface area contributed by atoms with Crippen molar-refractivity contribution in [3.05, 3.63) is 76.2 Å². The molecule has 0 amide bonds. The second kappa shape index (κ2) is 8.14. The van der Waals surface area contributed by atoms with Gasteiger partial charge in [0.05, 0.1) is 0 Å². The average Bonchev–Trinajstić information content (AvgIpc) is 2.70. The Hall–Kier alpha value is -3.42. The lowest BCUT2D eigenvalue weighted by Crippen LogP contribution is -2.41. The molecule has 1 aliphatic heterocycles. The Kier molecular flexibility index (Phi) is 5.39. The lowest BCUT2D eigenvalue weighted by Gasteiger charge is -2.34. The van der Waals surface area contributed by atoms with Crippen molar-refractivity contribution in [3.8, 4) is 17.4 Å². The third-order valence-electron chi connectivity index (χ3n) is 5.14. The van der Waals surface area contributed by atoms with E-state index in [1.165, 1.54) is 0 Å². The van der Waals surface area contributed by atoms with Crippen molar-refractivity contribution in [3.63, 3.8) is 0 Å². The van der Waals surface area contributed by atoms with Gasteiger partial charge in [-0.05, 0) is 31.0 Å². The number of halogens is 2. The van der Waals surface area contributed by atoms with E-state index in [1.54, 1.807) is 34.9 Å². The molecule has 8 heteroatoms. The van der Waals surface area contributed by atoms with Crippen LogP contribution < -0.4 is 20.1 Å². The van der Waals surface area contributed by atoms with Crippen LogP contribution in [-0.2, 0) is 13.2 Å². The molecule has 0 saturated carbocycles. The lowest BCUT2D eigenvalue weighted by atomic mass is 10.1. The van der Waals surface area contributed by atoms with Crippen molar-refractivity contribution >= 4 is 5.82 Å². The third kappa shape index (κ3) is 4.27. The molecule has 3 aromatic rings. The zero-order valence-electron chi connectivity index (χ0n) is 16.6. The van der Waals surface area contributed by atoms with Gasteiger partial charge in [-0.15, -0.1) is 0 Å². The normalized spacial score (nSPS) is 15.6. The molecule has 0 N–H and O–H groups in total. The maximum atomic E-state index is 13.3. The predicted molar refractivity (Wildman–Crippen MR) is 108 cm³/mol. The monoisotopic (exact) mass is 413 g/mol. The van der Waals surface area contributed by atoms with E-state index in [2.05, 4.69) is 11.9 Å². The predicted octanol–water partition coefficient (Wildman–Crippen LogP) is 4.12. The van der Waals surface area contributed by atoms with Gasteiger partial charge in [-0.1, -0.05) is 12.1 Å². The first kappa shape index (κ1) is 19.9. The summed E-state index contributed by atoms with van der Waals surface area (Å²) in [6.07, 6.45) is 0.891. The van der Waals surface area contributed by atoms with Gasteiger partial charge in [-0.25, -0.2) is 13.6 Å². The van der Waals surface area contributed by atoms with Crippen LogP contribution in [0.15, 0.2) is 53.3 Å². The van der Waals surface area contributed by atoms with Crippen LogP contribution >= 0.6 is 0 Å². The van der Waals surface area contributed by atoms with Gasteiger partial charge >= 0.3 is 5.69 Å². The fourth-order valence-corrected chi connectivity index (χ4v) is 3.32. The molecule has 2 heterocycles. The molecule has 0 saturated heterocycles. The van der Waals surface area contributed by atoms with Crippen LogP contribution in [0.3, 0.4) is 0 Å². The second-order valence-electron chi connectivity index (χ2n) is 7.28. The summed E-state index contributed by atoms with van der Waals surface area (Å²) in [7, 11) is 1.95.